The average Bonchev–Trinajstić information content (AvgIpc) is 3.02. The number of alkyl halides is 3. The first-order valence-electron chi connectivity index (χ1n) is 7.55. The van der Waals surface area contributed by atoms with Gasteiger partial charge in [0, 0.05) is 24.7 Å². The lowest BCUT2D eigenvalue weighted by atomic mass is 10.0. The highest BCUT2D eigenvalue weighted by Crippen LogP contribution is 2.20. The summed E-state index contributed by atoms with van der Waals surface area (Å²) in [5, 5.41) is 5.94. The first-order valence-corrected chi connectivity index (χ1v) is 7.55. The number of amides is 1. The summed E-state index contributed by atoms with van der Waals surface area (Å²) in [5.41, 5.74) is 0.424. The van der Waals surface area contributed by atoms with Crippen molar-refractivity contribution >= 4 is 5.91 Å². The van der Waals surface area contributed by atoms with Crippen molar-refractivity contribution in [3.05, 3.63) is 23.9 Å². The van der Waals surface area contributed by atoms with Gasteiger partial charge < -0.3 is 15.4 Å². The Bertz CT molecular complexity index is 517. The standard InChI is InChI=1S/C15H20F3N3O2/c16-15(17,18)10-23-14-12(2-1-6-20-14)9-21-13(22)4-3-11-5-7-19-8-11/h1-2,6,11,19H,3-5,7-10H2,(H,21,22). The van der Waals surface area contributed by atoms with Crippen molar-refractivity contribution in [3.8, 4) is 5.88 Å². The molecule has 1 aromatic rings. The van der Waals surface area contributed by atoms with Gasteiger partial charge in [-0.25, -0.2) is 4.98 Å². The molecule has 0 radical (unpaired) electrons. The monoisotopic (exact) mass is 331 g/mol. The quantitative estimate of drug-likeness (QED) is 0.802. The maximum Gasteiger partial charge on any atom is 0.422 e. The van der Waals surface area contributed by atoms with Crippen LogP contribution >= 0.6 is 0 Å². The van der Waals surface area contributed by atoms with E-state index in [0.29, 0.717) is 17.9 Å². The Hall–Kier alpha value is -1.83. The smallest absolute Gasteiger partial charge is 0.422 e. The van der Waals surface area contributed by atoms with E-state index in [2.05, 4.69) is 20.4 Å². The van der Waals surface area contributed by atoms with Crippen LogP contribution in [0.5, 0.6) is 5.88 Å². The lowest BCUT2D eigenvalue weighted by molar-refractivity contribution is -0.154. The van der Waals surface area contributed by atoms with E-state index >= 15 is 0 Å². The number of halogens is 3. The van der Waals surface area contributed by atoms with Crippen molar-refractivity contribution in [1.29, 1.82) is 0 Å². The fourth-order valence-electron chi connectivity index (χ4n) is 2.42. The Morgan fingerprint density at radius 2 is 2.30 bits per heavy atom. The van der Waals surface area contributed by atoms with E-state index in [9.17, 15) is 18.0 Å². The van der Waals surface area contributed by atoms with E-state index < -0.39 is 12.8 Å². The van der Waals surface area contributed by atoms with Gasteiger partial charge in [-0.15, -0.1) is 0 Å². The topological polar surface area (TPSA) is 63.2 Å². The molecule has 1 aromatic heterocycles. The van der Waals surface area contributed by atoms with E-state index in [4.69, 9.17) is 0 Å². The lowest BCUT2D eigenvalue weighted by Gasteiger charge is -2.13. The molecule has 1 saturated heterocycles. The molecule has 2 heterocycles. The zero-order chi connectivity index (χ0) is 16.7. The van der Waals surface area contributed by atoms with E-state index in [0.717, 1.165) is 25.9 Å². The molecule has 2 rings (SSSR count). The highest BCUT2D eigenvalue weighted by molar-refractivity contribution is 5.75. The molecule has 1 aliphatic rings. The third-order valence-corrected chi connectivity index (χ3v) is 3.64. The number of aromatic nitrogens is 1. The number of pyridine rings is 1. The molecule has 0 bridgehead atoms. The van der Waals surface area contributed by atoms with Crippen molar-refractivity contribution in [2.45, 2.75) is 32.0 Å². The summed E-state index contributed by atoms with van der Waals surface area (Å²) in [5.74, 6) is 0.289. The summed E-state index contributed by atoms with van der Waals surface area (Å²) in [6.45, 7) is 0.621. The van der Waals surface area contributed by atoms with Gasteiger partial charge in [-0.3, -0.25) is 4.79 Å². The number of hydrogen-bond donors (Lipinski definition) is 2. The maximum absolute atomic E-state index is 12.2. The fourth-order valence-corrected chi connectivity index (χ4v) is 2.42. The molecule has 23 heavy (non-hydrogen) atoms. The van der Waals surface area contributed by atoms with Crippen LogP contribution in [0.25, 0.3) is 0 Å². The molecule has 1 unspecified atom stereocenters. The van der Waals surface area contributed by atoms with Crippen LogP contribution in [0, 0.1) is 5.92 Å². The zero-order valence-corrected chi connectivity index (χ0v) is 12.7. The minimum atomic E-state index is -4.42. The van der Waals surface area contributed by atoms with E-state index in [1.165, 1.54) is 6.20 Å². The van der Waals surface area contributed by atoms with E-state index in [1.807, 2.05) is 0 Å². The molecule has 1 atom stereocenters. The number of hydrogen-bond acceptors (Lipinski definition) is 4. The first-order chi connectivity index (χ1) is 10.9. The molecule has 5 nitrogen and oxygen atoms in total. The number of rotatable bonds is 7. The Morgan fingerprint density at radius 1 is 1.48 bits per heavy atom. The van der Waals surface area contributed by atoms with Crippen LogP contribution < -0.4 is 15.4 Å². The van der Waals surface area contributed by atoms with Crippen molar-refractivity contribution in [2.24, 2.45) is 5.92 Å². The Labute approximate surface area is 132 Å². The van der Waals surface area contributed by atoms with Gasteiger partial charge in [-0.1, -0.05) is 6.07 Å². The normalized spacial score (nSPS) is 18.0. The number of nitrogens with zero attached hydrogens (tertiary/aromatic N) is 1. The van der Waals surface area contributed by atoms with Gasteiger partial charge in [0.2, 0.25) is 11.8 Å². The molecule has 0 aromatic carbocycles. The molecule has 1 aliphatic heterocycles. The Morgan fingerprint density at radius 3 is 3.00 bits per heavy atom. The number of ether oxygens (including phenoxy) is 1. The fraction of sp³-hybridized carbons (Fsp3) is 0.600. The van der Waals surface area contributed by atoms with Gasteiger partial charge >= 0.3 is 6.18 Å². The number of carbonyl (C=O) groups excluding carboxylic acids is 1. The summed E-state index contributed by atoms with van der Waals surface area (Å²) < 4.78 is 41.3. The molecule has 0 spiro atoms. The van der Waals surface area contributed by atoms with Crippen LogP contribution in [0.4, 0.5) is 13.2 Å². The second-order valence-corrected chi connectivity index (χ2v) is 5.55. The molecule has 1 amide bonds. The number of carbonyl (C=O) groups is 1. The molecule has 0 saturated carbocycles. The maximum atomic E-state index is 12.2. The third-order valence-electron chi connectivity index (χ3n) is 3.64. The summed E-state index contributed by atoms with van der Waals surface area (Å²) in [7, 11) is 0. The molecule has 128 valence electrons. The molecule has 0 aliphatic carbocycles. The molecule has 8 heteroatoms. The van der Waals surface area contributed by atoms with Gasteiger partial charge in [-0.2, -0.15) is 13.2 Å². The highest BCUT2D eigenvalue weighted by Gasteiger charge is 2.29. The largest absolute Gasteiger partial charge is 0.468 e. The predicted molar refractivity (Wildman–Crippen MR) is 77.8 cm³/mol. The average molecular weight is 331 g/mol. The molecule has 2 N–H and O–H groups in total. The van der Waals surface area contributed by atoms with E-state index in [1.54, 1.807) is 12.1 Å². The lowest BCUT2D eigenvalue weighted by Crippen LogP contribution is -2.25. The Balaban J connectivity index is 1.78. The number of nitrogens with one attached hydrogen (secondary N) is 2. The van der Waals surface area contributed by atoms with Crippen LogP contribution in [-0.4, -0.2) is 36.8 Å². The summed E-state index contributed by atoms with van der Waals surface area (Å²) in [6.07, 6.45) is -0.780. The van der Waals surface area contributed by atoms with Crippen molar-refractivity contribution in [2.75, 3.05) is 19.7 Å². The Kier molecular flexibility index (Phi) is 6.20. The van der Waals surface area contributed by atoms with Crippen molar-refractivity contribution in [3.63, 3.8) is 0 Å². The highest BCUT2D eigenvalue weighted by atomic mass is 19.4. The molecule has 1 fully saturated rings. The van der Waals surface area contributed by atoms with Crippen molar-refractivity contribution in [1.82, 2.24) is 15.6 Å². The van der Waals surface area contributed by atoms with Crippen molar-refractivity contribution < 1.29 is 22.7 Å². The van der Waals surface area contributed by atoms with Crippen LogP contribution in [-0.2, 0) is 11.3 Å². The summed E-state index contributed by atoms with van der Waals surface area (Å²) >= 11 is 0. The van der Waals surface area contributed by atoms with Crippen LogP contribution in [0.15, 0.2) is 18.3 Å². The second-order valence-electron chi connectivity index (χ2n) is 5.55. The van der Waals surface area contributed by atoms with Crippen LogP contribution in [0.3, 0.4) is 0 Å². The van der Waals surface area contributed by atoms with Gasteiger partial charge in [0.1, 0.15) is 0 Å². The third kappa shape index (κ3) is 6.43. The summed E-state index contributed by atoms with van der Waals surface area (Å²) in [6, 6.07) is 3.17. The van der Waals surface area contributed by atoms with Gasteiger partial charge in [0.05, 0.1) is 0 Å². The van der Waals surface area contributed by atoms with Crippen LogP contribution in [0.1, 0.15) is 24.8 Å². The minimum absolute atomic E-state index is 0.1000. The minimum Gasteiger partial charge on any atom is -0.468 e. The summed E-state index contributed by atoms with van der Waals surface area (Å²) in [4.78, 5) is 15.6. The van der Waals surface area contributed by atoms with Crippen LogP contribution in [0.2, 0.25) is 0 Å². The second kappa shape index (κ2) is 8.14. The van der Waals surface area contributed by atoms with Gasteiger partial charge in [0.15, 0.2) is 6.61 Å². The van der Waals surface area contributed by atoms with Gasteiger partial charge in [0.25, 0.3) is 0 Å². The SMILES string of the molecule is O=C(CCC1CCNC1)NCc1cccnc1OCC(F)(F)F. The predicted octanol–water partition coefficient (Wildman–Crippen LogP) is 2.03. The van der Waals surface area contributed by atoms with E-state index in [-0.39, 0.29) is 18.3 Å². The van der Waals surface area contributed by atoms with Gasteiger partial charge in [-0.05, 0) is 37.9 Å². The first kappa shape index (κ1) is 17.5. The molecular formula is C15H20F3N3O2. The zero-order valence-electron chi connectivity index (χ0n) is 12.7. The molecular weight excluding hydrogens is 311 g/mol.